The molecule has 0 spiro atoms. The number of amides is 1. The largest absolute Gasteiger partial charge is 0.314 e. The summed E-state index contributed by atoms with van der Waals surface area (Å²) in [5, 5.41) is 5.98. The number of hydrogen-bond donors (Lipinski definition) is 2. The second-order valence-corrected chi connectivity index (χ2v) is 6.83. The summed E-state index contributed by atoms with van der Waals surface area (Å²) in [7, 11) is 0. The fraction of sp³-hybridized carbons (Fsp3) is 0.263. The summed E-state index contributed by atoms with van der Waals surface area (Å²) in [5.74, 6) is -0.214. The van der Waals surface area contributed by atoms with Crippen LogP contribution >= 0.6 is 11.3 Å². The molecule has 2 N–H and O–H groups in total. The van der Waals surface area contributed by atoms with Gasteiger partial charge in [-0.05, 0) is 54.7 Å². The molecule has 122 valence electrons. The minimum atomic E-state index is -2.73. The van der Waals surface area contributed by atoms with E-state index in [9.17, 15) is 4.79 Å². The molecule has 1 amide bonds. The fourth-order valence-corrected chi connectivity index (χ4v) is 3.97. The molecular weight excluding hydrogens is 318 g/mol. The zero-order chi connectivity index (χ0) is 20.8. The molecule has 2 aromatic carbocycles. The number of carbonyl (C=O) groups excluding carboxylic acids is 1. The number of thiazole rings is 1. The lowest BCUT2D eigenvalue weighted by Gasteiger charge is -2.08. The Hall–Kier alpha value is -2.24. The molecule has 1 aromatic heterocycles. The van der Waals surface area contributed by atoms with Gasteiger partial charge < -0.3 is 5.32 Å². The molecule has 3 aromatic rings. The van der Waals surface area contributed by atoms with E-state index in [-0.39, 0.29) is 11.9 Å². The molecule has 1 aliphatic rings. The minimum absolute atomic E-state index is 0.214. The monoisotopic (exact) mass is 342 g/mol. The predicted molar refractivity (Wildman–Crippen MR) is 98.9 cm³/mol. The van der Waals surface area contributed by atoms with E-state index in [1.807, 2.05) is 18.2 Å². The lowest BCUT2D eigenvalue weighted by atomic mass is 10.1. The first-order valence-electron chi connectivity index (χ1n) is 10.2. The lowest BCUT2D eigenvalue weighted by Crippen LogP contribution is -2.28. The van der Waals surface area contributed by atoms with Crippen LogP contribution in [0.15, 0.2) is 42.5 Å². The third-order valence-electron chi connectivity index (χ3n) is 4.18. The normalized spacial score (nSPS) is 20.5. The van der Waals surface area contributed by atoms with E-state index >= 15 is 0 Å². The van der Waals surface area contributed by atoms with Gasteiger partial charge in [0, 0.05) is 18.5 Å². The number of nitrogens with zero attached hydrogens (tertiary/aromatic N) is 1. The van der Waals surface area contributed by atoms with Crippen LogP contribution in [0.3, 0.4) is 0 Å². The van der Waals surface area contributed by atoms with Gasteiger partial charge in [0.15, 0.2) is 5.13 Å². The Kier molecular flexibility index (Phi) is 2.80. The van der Waals surface area contributed by atoms with Crippen LogP contribution in [0, 0.1) is 0 Å². The molecule has 0 radical (unpaired) electrons. The van der Waals surface area contributed by atoms with Crippen LogP contribution in [-0.4, -0.2) is 23.4 Å². The number of likely N-dealkylation sites (N-methyl/N-ethyl adjacent to an activating group) is 1. The summed E-state index contributed by atoms with van der Waals surface area (Å²) in [6, 6.07) is 12.6. The van der Waals surface area contributed by atoms with E-state index in [2.05, 4.69) is 15.6 Å². The predicted octanol–water partition coefficient (Wildman–Crippen LogP) is 3.63. The highest BCUT2D eigenvalue weighted by molar-refractivity contribution is 7.22. The maximum Gasteiger partial charge on any atom is 0.257 e. The van der Waals surface area contributed by atoms with Gasteiger partial charge in [-0.25, -0.2) is 4.98 Å². The van der Waals surface area contributed by atoms with Crippen molar-refractivity contribution in [2.45, 2.75) is 25.7 Å². The number of anilines is 1. The Morgan fingerprint density at radius 1 is 1.33 bits per heavy atom. The first kappa shape index (κ1) is 10.6. The maximum atomic E-state index is 12.3. The molecule has 0 saturated carbocycles. The summed E-state index contributed by atoms with van der Waals surface area (Å²) in [5.41, 5.74) is 3.38. The SMILES string of the molecule is [2H]C([2H])([2H])C([2H])([2H])N[C@@H]1Cc2cc3nc(NC(=O)c4ccccc4)sc3cc2C1. The fourth-order valence-electron chi connectivity index (χ4n) is 3.06. The van der Waals surface area contributed by atoms with E-state index in [1.54, 1.807) is 24.3 Å². The molecule has 0 unspecified atom stereocenters. The Morgan fingerprint density at radius 2 is 2.12 bits per heavy atom. The van der Waals surface area contributed by atoms with Gasteiger partial charge in [-0.3, -0.25) is 10.1 Å². The van der Waals surface area contributed by atoms with Crippen LogP contribution in [-0.2, 0) is 12.8 Å². The van der Waals surface area contributed by atoms with Crippen molar-refractivity contribution in [3.05, 3.63) is 59.2 Å². The number of aromatic nitrogens is 1. The van der Waals surface area contributed by atoms with Gasteiger partial charge in [0.1, 0.15) is 0 Å². The summed E-state index contributed by atoms with van der Waals surface area (Å²) in [6.45, 7) is -5.17. The standard InChI is InChI=1S/C19H19N3OS/c1-2-20-15-8-13-10-16-17(11-14(13)9-15)24-19(21-16)22-18(23)12-6-4-3-5-7-12/h3-7,10-11,15,20H,2,8-9H2,1H3,(H,21,22,23)/t15-/m1/s1/i1D3,2D2. The van der Waals surface area contributed by atoms with Gasteiger partial charge >= 0.3 is 0 Å². The van der Waals surface area contributed by atoms with E-state index in [0.717, 1.165) is 21.3 Å². The number of benzene rings is 2. The molecule has 0 aliphatic heterocycles. The third kappa shape index (κ3) is 2.92. The number of rotatable bonds is 4. The molecule has 4 rings (SSSR count). The number of fused-ring (bicyclic) bond motifs is 2. The van der Waals surface area contributed by atoms with Crippen molar-refractivity contribution in [3.63, 3.8) is 0 Å². The number of carbonyl (C=O) groups is 1. The van der Waals surface area contributed by atoms with Crippen LogP contribution in [0.2, 0.25) is 0 Å². The second kappa shape index (κ2) is 6.34. The molecule has 0 bridgehead atoms. The smallest absolute Gasteiger partial charge is 0.257 e. The first-order chi connectivity index (χ1) is 13.6. The topological polar surface area (TPSA) is 54.0 Å². The van der Waals surface area contributed by atoms with Gasteiger partial charge in [-0.2, -0.15) is 0 Å². The maximum absolute atomic E-state index is 12.3. The Balaban J connectivity index is 1.50. The zero-order valence-electron chi connectivity index (χ0n) is 17.8. The highest BCUT2D eigenvalue weighted by Crippen LogP contribution is 2.32. The van der Waals surface area contributed by atoms with Crippen molar-refractivity contribution in [1.82, 2.24) is 10.3 Å². The van der Waals surface area contributed by atoms with E-state index < -0.39 is 13.3 Å². The molecule has 0 saturated heterocycles. The van der Waals surface area contributed by atoms with Gasteiger partial charge in [0.05, 0.1) is 10.2 Å². The van der Waals surface area contributed by atoms with Crippen molar-refractivity contribution in [1.29, 1.82) is 0 Å². The molecule has 0 fully saturated rings. The van der Waals surface area contributed by atoms with Gasteiger partial charge in [-0.1, -0.05) is 36.4 Å². The van der Waals surface area contributed by atoms with E-state index in [0.29, 0.717) is 23.5 Å². The molecule has 4 nitrogen and oxygen atoms in total. The summed E-state index contributed by atoms with van der Waals surface area (Å²) < 4.78 is 38.5. The van der Waals surface area contributed by atoms with Crippen molar-refractivity contribution >= 4 is 32.6 Å². The Morgan fingerprint density at radius 3 is 2.92 bits per heavy atom. The second-order valence-electron chi connectivity index (χ2n) is 5.80. The molecule has 1 aliphatic carbocycles. The summed E-state index contributed by atoms with van der Waals surface area (Å²) in [6.07, 6.45) is 1.08. The van der Waals surface area contributed by atoms with Crippen molar-refractivity contribution in [2.24, 2.45) is 0 Å². The van der Waals surface area contributed by atoms with E-state index in [1.165, 1.54) is 11.3 Å². The first-order valence-corrected chi connectivity index (χ1v) is 8.50. The van der Waals surface area contributed by atoms with Crippen LogP contribution in [0.25, 0.3) is 10.2 Å². The van der Waals surface area contributed by atoms with Crippen molar-refractivity contribution in [2.75, 3.05) is 11.8 Å². The average Bonchev–Trinajstić information content (AvgIpc) is 3.20. The minimum Gasteiger partial charge on any atom is -0.314 e. The molecular formula is C19H19N3OS. The van der Waals surface area contributed by atoms with Crippen molar-refractivity contribution in [3.8, 4) is 0 Å². The van der Waals surface area contributed by atoms with Crippen molar-refractivity contribution < 1.29 is 11.6 Å². The summed E-state index contributed by atoms with van der Waals surface area (Å²) in [4.78, 5) is 16.8. The zero-order valence-corrected chi connectivity index (χ0v) is 13.6. The van der Waals surface area contributed by atoms with Crippen LogP contribution in [0.1, 0.15) is 35.2 Å². The van der Waals surface area contributed by atoms with Crippen LogP contribution in [0.4, 0.5) is 5.13 Å². The third-order valence-corrected chi connectivity index (χ3v) is 5.11. The van der Waals surface area contributed by atoms with Gasteiger partial charge in [-0.15, -0.1) is 0 Å². The van der Waals surface area contributed by atoms with Gasteiger partial charge in [0.2, 0.25) is 0 Å². The number of hydrogen-bond acceptors (Lipinski definition) is 4. The molecule has 1 atom stereocenters. The number of nitrogens with one attached hydrogen (secondary N) is 2. The molecule has 24 heavy (non-hydrogen) atoms. The average molecular weight is 342 g/mol. The van der Waals surface area contributed by atoms with Crippen LogP contribution in [0.5, 0.6) is 0 Å². The Labute approximate surface area is 152 Å². The van der Waals surface area contributed by atoms with Gasteiger partial charge in [0.25, 0.3) is 5.91 Å². The molecule has 5 heteroatoms. The Bertz CT molecular complexity index is 1020. The lowest BCUT2D eigenvalue weighted by molar-refractivity contribution is 0.102. The van der Waals surface area contributed by atoms with Crippen LogP contribution < -0.4 is 10.6 Å². The quantitative estimate of drug-likeness (QED) is 0.761. The molecule has 1 heterocycles. The summed E-state index contributed by atoms with van der Waals surface area (Å²) >= 11 is 1.38. The highest BCUT2D eigenvalue weighted by Gasteiger charge is 2.22. The highest BCUT2D eigenvalue weighted by atomic mass is 32.1. The van der Waals surface area contributed by atoms with E-state index in [4.69, 9.17) is 6.85 Å².